The molecule has 1 aromatic heterocycles. The summed E-state index contributed by atoms with van der Waals surface area (Å²) in [5.74, 6) is -1.02. The molecule has 1 aromatic carbocycles. The molecule has 1 aliphatic rings. The molecule has 1 unspecified atom stereocenters. The lowest BCUT2D eigenvalue weighted by Crippen LogP contribution is -2.29. The molecule has 5 nitrogen and oxygen atoms in total. The first-order valence-corrected chi connectivity index (χ1v) is 9.07. The fourth-order valence-corrected chi connectivity index (χ4v) is 3.18. The number of rotatable bonds is 6. The van der Waals surface area contributed by atoms with Crippen LogP contribution < -0.4 is 5.32 Å². The molecule has 8 heteroatoms. The van der Waals surface area contributed by atoms with Crippen molar-refractivity contribution >= 4 is 22.9 Å². The van der Waals surface area contributed by atoms with Crippen LogP contribution in [0.2, 0.25) is 0 Å². The number of aromatic nitrogens is 2. The molecule has 27 heavy (non-hydrogen) atoms. The number of fused-ring (bicyclic) bond motifs is 1. The summed E-state index contributed by atoms with van der Waals surface area (Å²) in [7, 11) is 0. The van der Waals surface area contributed by atoms with Gasteiger partial charge in [-0.3, -0.25) is 10.1 Å². The molecule has 1 fully saturated rings. The molecule has 0 saturated heterocycles. The van der Waals surface area contributed by atoms with E-state index in [1.807, 2.05) is 0 Å². The minimum Gasteiger partial charge on any atom is -0.389 e. The van der Waals surface area contributed by atoms with Crippen molar-refractivity contribution in [1.29, 1.82) is 0 Å². The molecule has 0 spiro atoms. The summed E-state index contributed by atoms with van der Waals surface area (Å²) in [6.07, 6.45) is -1.14. The SMILES string of the molecule is CC(O)c1cc(F)c2nc(NC(=O)CC(C)(C)C(F)F)n(C3CCC3)c2c1. The van der Waals surface area contributed by atoms with Crippen LogP contribution in [0.25, 0.3) is 11.0 Å². The second kappa shape index (κ2) is 7.14. The highest BCUT2D eigenvalue weighted by molar-refractivity contribution is 5.92. The summed E-state index contributed by atoms with van der Waals surface area (Å²) in [5.41, 5.74) is -0.479. The Morgan fingerprint density at radius 2 is 2.07 bits per heavy atom. The topological polar surface area (TPSA) is 67.2 Å². The van der Waals surface area contributed by atoms with Gasteiger partial charge in [0, 0.05) is 17.9 Å². The van der Waals surface area contributed by atoms with E-state index in [0.29, 0.717) is 11.1 Å². The standard InChI is InChI=1S/C19H24F3N3O2/c1-10(26)11-7-13(20)16-14(8-11)25(12-5-4-6-12)18(24-16)23-15(27)9-19(2,3)17(21)22/h7-8,10,12,17,26H,4-6,9H2,1-3H3,(H,23,24,27). The zero-order valence-corrected chi connectivity index (χ0v) is 15.6. The lowest BCUT2D eigenvalue weighted by molar-refractivity contribution is -0.120. The highest BCUT2D eigenvalue weighted by atomic mass is 19.3. The molecule has 1 heterocycles. The van der Waals surface area contributed by atoms with Crippen LogP contribution >= 0.6 is 0 Å². The summed E-state index contributed by atoms with van der Waals surface area (Å²) in [6, 6.07) is 2.93. The molecule has 0 bridgehead atoms. The van der Waals surface area contributed by atoms with Crippen LogP contribution in [-0.2, 0) is 4.79 Å². The smallest absolute Gasteiger partial charge is 0.244 e. The molecule has 0 aliphatic heterocycles. The van der Waals surface area contributed by atoms with Crippen LogP contribution in [0.4, 0.5) is 19.1 Å². The maximum atomic E-state index is 14.5. The Kier molecular flexibility index (Phi) is 5.20. The van der Waals surface area contributed by atoms with Gasteiger partial charge in [0.2, 0.25) is 18.3 Å². The highest BCUT2D eigenvalue weighted by Gasteiger charge is 2.33. The van der Waals surface area contributed by atoms with E-state index in [9.17, 15) is 23.1 Å². The fraction of sp³-hybridized carbons (Fsp3) is 0.579. The van der Waals surface area contributed by atoms with E-state index in [1.54, 1.807) is 17.6 Å². The van der Waals surface area contributed by atoms with Gasteiger partial charge in [0.05, 0.1) is 11.6 Å². The van der Waals surface area contributed by atoms with Gasteiger partial charge in [-0.05, 0) is 43.9 Å². The molecule has 1 aliphatic carbocycles. The van der Waals surface area contributed by atoms with Gasteiger partial charge in [-0.15, -0.1) is 0 Å². The van der Waals surface area contributed by atoms with E-state index in [1.165, 1.54) is 19.9 Å². The summed E-state index contributed by atoms with van der Waals surface area (Å²) in [6.45, 7) is 4.18. The van der Waals surface area contributed by atoms with Gasteiger partial charge in [-0.1, -0.05) is 13.8 Å². The number of nitrogens with one attached hydrogen (secondary N) is 1. The number of carbonyl (C=O) groups is 1. The number of amides is 1. The van der Waals surface area contributed by atoms with Gasteiger partial charge in [0.25, 0.3) is 0 Å². The third kappa shape index (κ3) is 3.81. The van der Waals surface area contributed by atoms with Crippen LogP contribution in [0.5, 0.6) is 0 Å². The van der Waals surface area contributed by atoms with Crippen molar-refractivity contribution in [3.05, 3.63) is 23.5 Å². The molecule has 0 radical (unpaired) electrons. The Hall–Kier alpha value is -2.09. The number of nitrogens with zero attached hydrogens (tertiary/aromatic N) is 2. The Bertz CT molecular complexity index is 857. The Balaban J connectivity index is 1.99. The minimum absolute atomic E-state index is 0.0528. The molecule has 2 aromatic rings. The number of hydrogen-bond donors (Lipinski definition) is 2. The predicted molar refractivity (Wildman–Crippen MR) is 96.2 cm³/mol. The van der Waals surface area contributed by atoms with Crippen LogP contribution in [0.3, 0.4) is 0 Å². The van der Waals surface area contributed by atoms with Gasteiger partial charge < -0.3 is 9.67 Å². The second-order valence-electron chi connectivity index (χ2n) is 7.95. The van der Waals surface area contributed by atoms with Crippen molar-refractivity contribution in [3.8, 4) is 0 Å². The normalized spacial score (nSPS) is 16.6. The van der Waals surface area contributed by atoms with Crippen LogP contribution in [0, 0.1) is 11.2 Å². The monoisotopic (exact) mass is 383 g/mol. The lowest BCUT2D eigenvalue weighted by atomic mass is 9.89. The average Bonchev–Trinajstić information content (AvgIpc) is 2.84. The van der Waals surface area contributed by atoms with Gasteiger partial charge >= 0.3 is 0 Å². The number of carbonyl (C=O) groups excluding carboxylic acids is 1. The number of benzene rings is 1. The first kappa shape index (κ1) is 19.7. The van der Waals surface area contributed by atoms with Crippen LogP contribution in [0.1, 0.15) is 64.2 Å². The van der Waals surface area contributed by atoms with Crippen molar-refractivity contribution in [2.24, 2.45) is 5.41 Å². The van der Waals surface area contributed by atoms with E-state index >= 15 is 0 Å². The molecule has 148 valence electrons. The summed E-state index contributed by atoms with van der Waals surface area (Å²) in [4.78, 5) is 16.5. The van der Waals surface area contributed by atoms with Gasteiger partial charge in [-0.25, -0.2) is 18.2 Å². The van der Waals surface area contributed by atoms with Gasteiger partial charge in [0.15, 0.2) is 5.82 Å². The molecule has 1 saturated carbocycles. The first-order chi connectivity index (χ1) is 12.6. The molecule has 1 amide bonds. The van der Waals surface area contributed by atoms with E-state index in [4.69, 9.17) is 0 Å². The van der Waals surface area contributed by atoms with Crippen molar-refractivity contribution in [1.82, 2.24) is 9.55 Å². The Labute approximate surface area is 155 Å². The number of hydrogen-bond acceptors (Lipinski definition) is 3. The fourth-order valence-electron chi connectivity index (χ4n) is 3.18. The summed E-state index contributed by atoms with van der Waals surface area (Å²) in [5, 5.41) is 12.4. The zero-order chi connectivity index (χ0) is 19.9. The molecular weight excluding hydrogens is 359 g/mol. The summed E-state index contributed by atoms with van der Waals surface area (Å²) >= 11 is 0. The number of anilines is 1. The summed E-state index contributed by atoms with van der Waals surface area (Å²) < 4.78 is 42.4. The van der Waals surface area contributed by atoms with Crippen molar-refractivity contribution in [3.63, 3.8) is 0 Å². The molecule has 1 atom stereocenters. The van der Waals surface area contributed by atoms with E-state index in [0.717, 1.165) is 19.3 Å². The lowest BCUT2D eigenvalue weighted by Gasteiger charge is -2.29. The third-order valence-electron chi connectivity index (χ3n) is 5.15. The van der Waals surface area contributed by atoms with Gasteiger partial charge in [-0.2, -0.15) is 0 Å². The predicted octanol–water partition coefficient (Wildman–Crippen LogP) is 4.57. The van der Waals surface area contributed by atoms with E-state index < -0.39 is 29.7 Å². The van der Waals surface area contributed by atoms with E-state index in [2.05, 4.69) is 10.3 Å². The van der Waals surface area contributed by atoms with E-state index in [-0.39, 0.29) is 23.9 Å². The average molecular weight is 383 g/mol. The molecule has 2 N–H and O–H groups in total. The maximum Gasteiger partial charge on any atom is 0.244 e. The zero-order valence-electron chi connectivity index (χ0n) is 15.6. The van der Waals surface area contributed by atoms with Crippen LogP contribution in [-0.4, -0.2) is 27.0 Å². The largest absolute Gasteiger partial charge is 0.389 e. The van der Waals surface area contributed by atoms with Crippen molar-refractivity contribution in [2.75, 3.05) is 5.32 Å². The number of aliphatic hydroxyl groups is 1. The van der Waals surface area contributed by atoms with Crippen LogP contribution in [0.15, 0.2) is 12.1 Å². The van der Waals surface area contributed by atoms with Gasteiger partial charge in [0.1, 0.15) is 5.52 Å². The Morgan fingerprint density at radius 1 is 1.41 bits per heavy atom. The highest BCUT2D eigenvalue weighted by Crippen LogP contribution is 2.39. The van der Waals surface area contributed by atoms with Crippen molar-refractivity contribution in [2.45, 2.75) is 65.0 Å². The quantitative estimate of drug-likeness (QED) is 0.768. The van der Waals surface area contributed by atoms with Crippen molar-refractivity contribution < 1.29 is 23.1 Å². The second-order valence-corrected chi connectivity index (χ2v) is 7.95. The molecule has 3 rings (SSSR count). The number of halogens is 3. The number of aliphatic hydroxyl groups excluding tert-OH is 1. The first-order valence-electron chi connectivity index (χ1n) is 9.07. The number of imidazole rings is 1. The number of alkyl halides is 2. The minimum atomic E-state index is -2.64. The molecular formula is C19H24F3N3O2. The third-order valence-corrected chi connectivity index (χ3v) is 5.15. The Morgan fingerprint density at radius 3 is 2.59 bits per heavy atom. The maximum absolute atomic E-state index is 14.5.